The molecule has 0 N–H and O–H groups in total. The van der Waals surface area contributed by atoms with Gasteiger partial charge in [-0.2, -0.15) is 0 Å². The van der Waals surface area contributed by atoms with E-state index in [0.717, 1.165) is 44.9 Å². The summed E-state index contributed by atoms with van der Waals surface area (Å²) in [7, 11) is 0. The summed E-state index contributed by atoms with van der Waals surface area (Å²) < 4.78 is 2.51. The predicted molar refractivity (Wildman–Crippen MR) is 237 cm³/mol. The average molecular weight is 739 g/mol. The summed E-state index contributed by atoms with van der Waals surface area (Å²) in [5, 5.41) is 1.39. The lowest BCUT2D eigenvalue weighted by molar-refractivity contribution is 0.249. The van der Waals surface area contributed by atoms with Crippen LogP contribution in [0.15, 0.2) is 179 Å². The van der Waals surface area contributed by atoms with Crippen molar-refractivity contribution in [3.63, 3.8) is 0 Å². The second-order valence-electron chi connectivity index (χ2n) is 17.6. The molecule has 0 fully saturated rings. The number of rotatable bonds is 4. The third kappa shape index (κ3) is 5.15. The van der Waals surface area contributed by atoms with Gasteiger partial charge in [-0.05, 0) is 127 Å². The highest BCUT2D eigenvalue weighted by atomic mass is 15.2. The maximum absolute atomic E-state index is 2.80. The summed E-state index contributed by atoms with van der Waals surface area (Å²) in [6.45, 7) is 2.54. The van der Waals surface area contributed by atoms with Crippen molar-refractivity contribution in [1.29, 1.82) is 0 Å². The molecule has 57 heavy (non-hydrogen) atoms. The van der Waals surface area contributed by atoms with Crippen molar-refractivity contribution in [2.24, 2.45) is 17.8 Å². The van der Waals surface area contributed by atoms with Gasteiger partial charge in [0.2, 0.25) is 0 Å². The molecule has 12 rings (SSSR count). The molecule has 2 nitrogen and oxygen atoms in total. The third-order valence-electron chi connectivity index (χ3n) is 14.8. The molecule has 6 unspecified atom stereocenters. The molecule has 0 saturated heterocycles. The fourth-order valence-electron chi connectivity index (χ4n) is 12.2. The van der Waals surface area contributed by atoms with E-state index in [9.17, 15) is 0 Å². The molecule has 0 saturated carbocycles. The van der Waals surface area contributed by atoms with Crippen LogP contribution < -0.4 is 0 Å². The number of fused-ring (bicyclic) bond motifs is 10. The number of hydrogen-bond donors (Lipinski definition) is 0. The molecular formula is C55H50N2. The molecule has 0 spiro atoms. The SMILES string of the molecule is CC1C(c2ccc3c(c2)c2c(n3-c3ccccc3)CCC=C2)C=CC2C1C1=C(CCC=C1)N2C1=CC=C(C2=C3CCC=CC3C3C(=C2)C=Cc2ccccc23)CC1. The maximum atomic E-state index is 2.80. The Morgan fingerprint density at radius 3 is 2.46 bits per heavy atom. The summed E-state index contributed by atoms with van der Waals surface area (Å²) in [6.07, 6.45) is 41.1. The van der Waals surface area contributed by atoms with Gasteiger partial charge in [0, 0.05) is 57.4 Å². The number of nitrogens with zero attached hydrogens (tertiary/aromatic N) is 2. The van der Waals surface area contributed by atoms with Gasteiger partial charge < -0.3 is 9.47 Å². The molecule has 280 valence electrons. The van der Waals surface area contributed by atoms with Crippen molar-refractivity contribution >= 4 is 23.1 Å². The van der Waals surface area contributed by atoms with Gasteiger partial charge in [0.15, 0.2) is 0 Å². The van der Waals surface area contributed by atoms with Crippen LogP contribution in [-0.4, -0.2) is 15.5 Å². The zero-order valence-electron chi connectivity index (χ0n) is 32.9. The van der Waals surface area contributed by atoms with Crippen molar-refractivity contribution in [2.75, 3.05) is 0 Å². The van der Waals surface area contributed by atoms with Gasteiger partial charge in [0.1, 0.15) is 0 Å². The first-order chi connectivity index (χ1) is 28.2. The molecule has 1 aromatic heterocycles. The lowest BCUT2D eigenvalue weighted by atomic mass is 9.65. The molecule has 3 aromatic carbocycles. The average Bonchev–Trinajstić information content (AvgIpc) is 3.79. The van der Waals surface area contributed by atoms with Gasteiger partial charge >= 0.3 is 0 Å². The van der Waals surface area contributed by atoms with Crippen LogP contribution in [-0.2, 0) is 6.42 Å². The first kappa shape index (κ1) is 33.5. The third-order valence-corrected chi connectivity index (χ3v) is 14.8. The summed E-state index contributed by atoms with van der Waals surface area (Å²) in [6, 6.07) is 27.8. The van der Waals surface area contributed by atoms with E-state index in [1.54, 1.807) is 16.8 Å². The van der Waals surface area contributed by atoms with Crippen LogP contribution in [0.1, 0.15) is 91.7 Å². The topological polar surface area (TPSA) is 8.17 Å². The molecule has 6 atom stereocenters. The number of aromatic nitrogens is 1. The Labute approximate surface area is 337 Å². The van der Waals surface area contributed by atoms with E-state index < -0.39 is 0 Å². The van der Waals surface area contributed by atoms with Gasteiger partial charge in [0.25, 0.3) is 0 Å². The van der Waals surface area contributed by atoms with E-state index in [4.69, 9.17) is 0 Å². The van der Waals surface area contributed by atoms with E-state index in [2.05, 4.69) is 168 Å². The van der Waals surface area contributed by atoms with Crippen molar-refractivity contribution in [2.45, 2.75) is 76.2 Å². The van der Waals surface area contributed by atoms with Crippen LogP contribution in [0.3, 0.4) is 0 Å². The smallest absolute Gasteiger partial charge is 0.0588 e. The fourth-order valence-corrected chi connectivity index (χ4v) is 12.2. The van der Waals surface area contributed by atoms with Crippen LogP contribution in [0.5, 0.6) is 0 Å². The number of hydrogen-bond acceptors (Lipinski definition) is 1. The van der Waals surface area contributed by atoms with E-state index in [-0.39, 0.29) is 0 Å². The Morgan fingerprint density at radius 2 is 1.54 bits per heavy atom. The number of allylic oxidation sites excluding steroid dienone is 16. The van der Waals surface area contributed by atoms with Gasteiger partial charge in [-0.3, -0.25) is 0 Å². The summed E-state index contributed by atoms with van der Waals surface area (Å²) in [5.41, 5.74) is 20.6. The number of para-hydroxylation sites is 1. The second kappa shape index (κ2) is 13.2. The van der Waals surface area contributed by atoms with Gasteiger partial charge in [-0.25, -0.2) is 0 Å². The van der Waals surface area contributed by atoms with Gasteiger partial charge in [-0.15, -0.1) is 0 Å². The lowest BCUT2D eigenvalue weighted by Crippen LogP contribution is -2.38. The molecule has 7 aliphatic carbocycles. The van der Waals surface area contributed by atoms with Crippen LogP contribution in [0, 0.1) is 17.8 Å². The standard InChI is InChI=1S/C55H50N2/c1-35-42(38-27-31-52-49(33-38)45-18-9-11-21-50(45)56(52)40-14-3-2-4-15-40)30-32-53-54(35)47-20-10-12-22-51(47)57(53)41-28-25-37(26-29-41)48-34-39-24-23-36-13-5-6-16-43(36)55(39)46-19-8-7-17-44(46)48/h2-6,8-10,13-16,18-20,23-25,27-28,30-35,42,46,53-55H,7,11-12,17,21-22,26,29H2,1H3. The molecular weight excluding hydrogens is 689 g/mol. The minimum absolute atomic E-state index is 0.378. The highest BCUT2D eigenvalue weighted by Crippen LogP contribution is 2.54. The minimum Gasteiger partial charge on any atom is -0.341 e. The number of benzene rings is 3. The van der Waals surface area contributed by atoms with E-state index in [0.29, 0.717) is 35.6 Å². The first-order valence-electron chi connectivity index (χ1n) is 21.8. The Balaban J connectivity index is 0.885. The van der Waals surface area contributed by atoms with Crippen molar-refractivity contribution in [3.05, 3.63) is 207 Å². The molecule has 0 bridgehead atoms. The Bertz CT molecular complexity index is 2670. The van der Waals surface area contributed by atoms with Crippen molar-refractivity contribution in [3.8, 4) is 5.69 Å². The van der Waals surface area contributed by atoms with Crippen molar-refractivity contribution < 1.29 is 0 Å². The molecule has 2 heterocycles. The Morgan fingerprint density at radius 1 is 0.684 bits per heavy atom. The highest BCUT2D eigenvalue weighted by Gasteiger charge is 2.47. The molecule has 0 amide bonds. The van der Waals surface area contributed by atoms with Crippen LogP contribution in [0.4, 0.5) is 0 Å². The first-order valence-corrected chi connectivity index (χ1v) is 21.8. The summed E-state index contributed by atoms with van der Waals surface area (Å²) in [4.78, 5) is 2.80. The Kier molecular flexibility index (Phi) is 7.79. The minimum atomic E-state index is 0.378. The zero-order chi connectivity index (χ0) is 37.6. The molecule has 0 radical (unpaired) electrons. The second-order valence-corrected chi connectivity index (χ2v) is 17.6. The molecule has 8 aliphatic rings. The predicted octanol–water partition coefficient (Wildman–Crippen LogP) is 13.4. The van der Waals surface area contributed by atoms with Crippen LogP contribution >= 0.6 is 0 Å². The van der Waals surface area contributed by atoms with Crippen LogP contribution in [0.2, 0.25) is 0 Å². The highest BCUT2D eigenvalue weighted by molar-refractivity contribution is 5.94. The fraction of sp³-hybridized carbons (Fsp3) is 0.273. The van der Waals surface area contributed by atoms with Gasteiger partial charge in [0.05, 0.1) is 11.6 Å². The quantitative estimate of drug-likeness (QED) is 0.189. The molecule has 1 aliphatic heterocycles. The monoisotopic (exact) mass is 738 g/mol. The lowest BCUT2D eigenvalue weighted by Gasteiger charge is -2.41. The van der Waals surface area contributed by atoms with Crippen molar-refractivity contribution in [1.82, 2.24) is 9.47 Å². The van der Waals surface area contributed by atoms with Crippen LogP contribution in [0.25, 0.3) is 28.7 Å². The zero-order valence-corrected chi connectivity index (χ0v) is 32.9. The summed E-state index contributed by atoms with van der Waals surface area (Å²) >= 11 is 0. The molecule has 4 aromatic rings. The largest absolute Gasteiger partial charge is 0.341 e. The molecule has 2 heteroatoms. The van der Waals surface area contributed by atoms with Gasteiger partial charge in [-0.1, -0.05) is 134 Å². The van der Waals surface area contributed by atoms with E-state index in [1.807, 2.05) is 0 Å². The normalized spacial score (nSPS) is 28.0. The Hall–Kier alpha value is -5.60. The summed E-state index contributed by atoms with van der Waals surface area (Å²) in [5.74, 6) is 2.25. The maximum Gasteiger partial charge on any atom is 0.0588 e. The van der Waals surface area contributed by atoms with E-state index >= 15 is 0 Å². The van der Waals surface area contributed by atoms with E-state index in [1.165, 1.54) is 73.4 Å².